The van der Waals surface area contributed by atoms with Crippen LogP contribution >= 0.6 is 0 Å². The van der Waals surface area contributed by atoms with Gasteiger partial charge in [0, 0.05) is 57.7 Å². The maximum atomic E-state index is 2.68. The SMILES string of the molecule is CC1(C)C2=C(CCC=C2)N(C2=CC3C(C=C2)c2ccc(/C=C/c4ccc5c(c4)C(C)(C)c4cc(N6CCCc7ccccc76)ccc4-5)cc2C32c3ccccc3-c3ccccc32)c2ccccc21. The van der Waals surface area contributed by atoms with Crippen LogP contribution in [-0.4, -0.2) is 6.54 Å². The van der Waals surface area contributed by atoms with Crippen molar-refractivity contribution in [2.24, 2.45) is 5.92 Å². The van der Waals surface area contributed by atoms with Gasteiger partial charge in [0.2, 0.25) is 0 Å². The molecule has 68 heavy (non-hydrogen) atoms. The van der Waals surface area contributed by atoms with E-state index in [-0.39, 0.29) is 28.1 Å². The van der Waals surface area contributed by atoms with Crippen molar-refractivity contribution in [2.45, 2.75) is 75.5 Å². The first-order valence-corrected chi connectivity index (χ1v) is 25.1. The maximum absolute atomic E-state index is 2.68. The number of para-hydroxylation sites is 2. The highest BCUT2D eigenvalue weighted by Gasteiger charge is 2.58. The molecule has 2 heterocycles. The molecular weight excluding hydrogens is 821 g/mol. The van der Waals surface area contributed by atoms with Crippen LogP contribution in [0, 0.1) is 5.92 Å². The fourth-order valence-corrected chi connectivity index (χ4v) is 14.2. The molecule has 0 N–H and O–H groups in total. The van der Waals surface area contributed by atoms with Crippen LogP contribution in [0.3, 0.4) is 0 Å². The molecule has 2 unspecified atom stereocenters. The first kappa shape index (κ1) is 40.0. The summed E-state index contributed by atoms with van der Waals surface area (Å²) in [6.45, 7) is 10.7. The first-order chi connectivity index (χ1) is 33.2. The van der Waals surface area contributed by atoms with Crippen molar-refractivity contribution >= 4 is 29.2 Å². The molecule has 2 heteroatoms. The molecule has 5 aliphatic carbocycles. The molecule has 7 aromatic rings. The van der Waals surface area contributed by atoms with E-state index in [2.05, 4.69) is 232 Å². The standard InChI is InChI=1S/C66H56N2/c1-64(2)55-22-10-13-25-62(55)68(63-26-14-11-23-56(63)64)46-32-36-52-51-34-30-43(39-59(51)66(60(52)41-46)53-20-8-6-18-47(53)48-19-7-9-21-54(48)66)28-27-42-29-33-49-50-35-31-45(40-58(50)65(3,4)57(49)38-42)67-37-15-17-44-16-5-12-24-61(44)67/h5-13,16,18-25,27-36,38-41,52,60H,14-15,17,26,37H2,1-4H3/b28-27+. The number of benzene rings is 7. The Bertz CT molecular complexity index is 3430. The van der Waals surface area contributed by atoms with Gasteiger partial charge >= 0.3 is 0 Å². The minimum atomic E-state index is -0.343. The quantitative estimate of drug-likeness (QED) is 0.163. The predicted molar refractivity (Wildman–Crippen MR) is 284 cm³/mol. The highest BCUT2D eigenvalue weighted by molar-refractivity contribution is 5.88. The van der Waals surface area contributed by atoms with E-state index in [0.717, 1.165) is 25.8 Å². The monoisotopic (exact) mass is 876 g/mol. The van der Waals surface area contributed by atoms with Crippen molar-refractivity contribution in [3.8, 4) is 22.3 Å². The average Bonchev–Trinajstić information content (AvgIpc) is 3.93. The fourth-order valence-electron chi connectivity index (χ4n) is 14.2. The van der Waals surface area contributed by atoms with Crippen LogP contribution in [0.15, 0.2) is 199 Å². The number of anilines is 3. The maximum Gasteiger partial charge on any atom is 0.0538 e. The third-order valence-corrected chi connectivity index (χ3v) is 17.3. The van der Waals surface area contributed by atoms with Crippen LogP contribution in [0.25, 0.3) is 34.4 Å². The molecule has 0 radical (unpaired) electrons. The third kappa shape index (κ3) is 5.40. The lowest BCUT2D eigenvalue weighted by atomic mass is 9.65. The van der Waals surface area contributed by atoms with Gasteiger partial charge in [-0.3, -0.25) is 0 Å². The molecule has 2 atom stereocenters. The third-order valence-electron chi connectivity index (χ3n) is 17.3. The van der Waals surface area contributed by atoms with Crippen LogP contribution < -0.4 is 9.80 Å². The van der Waals surface area contributed by atoms with E-state index in [4.69, 9.17) is 0 Å². The van der Waals surface area contributed by atoms with Crippen molar-refractivity contribution in [1.82, 2.24) is 0 Å². The summed E-state index contributed by atoms with van der Waals surface area (Å²) in [5.74, 6) is 0.436. The molecule has 0 amide bonds. The number of hydrogen-bond acceptors (Lipinski definition) is 2. The van der Waals surface area contributed by atoms with Crippen molar-refractivity contribution in [2.75, 3.05) is 16.3 Å². The zero-order valence-corrected chi connectivity index (χ0v) is 39.6. The summed E-state index contributed by atoms with van der Waals surface area (Å²) in [6, 6.07) is 58.4. The summed E-state index contributed by atoms with van der Waals surface area (Å²) in [7, 11) is 0. The second kappa shape index (κ2) is 14.4. The fraction of sp³-hybridized carbons (Fsp3) is 0.212. The Balaban J connectivity index is 0.858. The molecule has 330 valence electrons. The molecule has 0 fully saturated rings. The Morgan fingerprint density at radius 3 is 1.96 bits per heavy atom. The van der Waals surface area contributed by atoms with Gasteiger partial charge in [-0.05, 0) is 139 Å². The minimum Gasteiger partial charge on any atom is -0.341 e. The van der Waals surface area contributed by atoms with Crippen molar-refractivity contribution < 1.29 is 0 Å². The molecule has 0 saturated carbocycles. The van der Waals surface area contributed by atoms with Crippen molar-refractivity contribution in [1.29, 1.82) is 0 Å². The van der Waals surface area contributed by atoms with E-state index in [9.17, 15) is 0 Å². The van der Waals surface area contributed by atoms with Gasteiger partial charge in [-0.25, -0.2) is 0 Å². The summed E-state index contributed by atoms with van der Waals surface area (Å²) in [4.78, 5) is 5.17. The molecular formula is C66H56N2. The van der Waals surface area contributed by atoms with Crippen molar-refractivity contribution in [3.05, 3.63) is 255 Å². The molecule has 7 aliphatic rings. The van der Waals surface area contributed by atoms with Gasteiger partial charge in [0.25, 0.3) is 0 Å². The summed E-state index contributed by atoms with van der Waals surface area (Å²) in [6.07, 6.45) is 21.6. The number of allylic oxidation sites excluding steroid dienone is 7. The summed E-state index contributed by atoms with van der Waals surface area (Å²) in [5.41, 5.74) is 27.0. The molecule has 1 spiro atoms. The van der Waals surface area contributed by atoms with Gasteiger partial charge in [-0.1, -0.05) is 192 Å². The highest BCUT2D eigenvalue weighted by atomic mass is 15.2. The minimum absolute atomic E-state index is 0.0648. The van der Waals surface area contributed by atoms with Gasteiger partial charge in [0.1, 0.15) is 0 Å². The van der Waals surface area contributed by atoms with Gasteiger partial charge in [0.15, 0.2) is 0 Å². The number of fused-ring (bicyclic) bond motifs is 15. The molecule has 2 aliphatic heterocycles. The van der Waals surface area contributed by atoms with Gasteiger partial charge in [-0.2, -0.15) is 0 Å². The Morgan fingerprint density at radius 1 is 0.544 bits per heavy atom. The molecule has 14 rings (SSSR count). The molecule has 0 aromatic heterocycles. The van der Waals surface area contributed by atoms with E-state index in [0.29, 0.717) is 0 Å². The number of hydrogen-bond donors (Lipinski definition) is 0. The van der Waals surface area contributed by atoms with Crippen molar-refractivity contribution in [3.63, 3.8) is 0 Å². The second-order valence-electron chi connectivity index (χ2n) is 21.4. The van der Waals surface area contributed by atoms with Crippen LogP contribution in [0.5, 0.6) is 0 Å². The summed E-state index contributed by atoms with van der Waals surface area (Å²) < 4.78 is 0. The van der Waals surface area contributed by atoms with Crippen LogP contribution in [0.4, 0.5) is 17.1 Å². The molecule has 7 aromatic carbocycles. The first-order valence-electron chi connectivity index (χ1n) is 25.1. The number of nitrogens with zero attached hydrogens (tertiary/aromatic N) is 2. The molecule has 2 nitrogen and oxygen atoms in total. The highest BCUT2D eigenvalue weighted by Crippen LogP contribution is 2.66. The van der Waals surface area contributed by atoms with E-state index in [1.54, 1.807) is 0 Å². The topological polar surface area (TPSA) is 6.48 Å². The lowest BCUT2D eigenvalue weighted by molar-refractivity contribution is 0.461. The predicted octanol–water partition coefficient (Wildman–Crippen LogP) is 16.1. The Morgan fingerprint density at radius 2 is 1.18 bits per heavy atom. The van der Waals surface area contributed by atoms with E-state index in [1.165, 1.54) is 118 Å². The Kier molecular flexibility index (Phi) is 8.48. The van der Waals surface area contributed by atoms with Crippen LogP contribution in [0.2, 0.25) is 0 Å². The van der Waals surface area contributed by atoms with Crippen LogP contribution in [0.1, 0.15) is 109 Å². The normalized spacial score (nSPS) is 21.1. The van der Waals surface area contributed by atoms with Crippen LogP contribution in [-0.2, 0) is 22.7 Å². The molecule has 0 saturated heterocycles. The lowest BCUT2D eigenvalue weighted by Crippen LogP contribution is -2.38. The largest absolute Gasteiger partial charge is 0.341 e. The smallest absolute Gasteiger partial charge is 0.0538 e. The number of rotatable bonds is 4. The Labute approximate surface area is 402 Å². The molecule has 0 bridgehead atoms. The van der Waals surface area contributed by atoms with Gasteiger partial charge in [-0.15, -0.1) is 0 Å². The zero-order valence-electron chi connectivity index (χ0n) is 39.6. The van der Waals surface area contributed by atoms with E-state index in [1.807, 2.05) is 0 Å². The average molecular weight is 877 g/mol. The number of aryl methyl sites for hydroxylation is 1. The lowest BCUT2D eigenvalue weighted by Gasteiger charge is -2.46. The van der Waals surface area contributed by atoms with E-state index >= 15 is 0 Å². The van der Waals surface area contributed by atoms with Gasteiger partial charge in [0.05, 0.1) is 5.41 Å². The second-order valence-corrected chi connectivity index (χ2v) is 21.4. The van der Waals surface area contributed by atoms with E-state index < -0.39 is 0 Å². The Hall–Kier alpha value is -7.16. The zero-order chi connectivity index (χ0) is 45.5. The summed E-state index contributed by atoms with van der Waals surface area (Å²) >= 11 is 0. The summed E-state index contributed by atoms with van der Waals surface area (Å²) in [5, 5.41) is 0. The van der Waals surface area contributed by atoms with Gasteiger partial charge < -0.3 is 9.80 Å².